The number of carboxylic acid groups (broad SMARTS) is 1. The van der Waals surface area contributed by atoms with Crippen molar-refractivity contribution < 1.29 is 14.6 Å². The monoisotopic (exact) mass is 468 g/mol. The summed E-state index contributed by atoms with van der Waals surface area (Å²) in [6.07, 6.45) is 18.5. The summed E-state index contributed by atoms with van der Waals surface area (Å²) in [5.41, 5.74) is 1.67. The SMILES string of the molecule is C=C/C=C(\C=C\N(C)C(C)/C=C\C(=C)NCCCC)OCCCCNc1cnccc1C(=O)O. The van der Waals surface area contributed by atoms with Crippen molar-refractivity contribution in [1.82, 2.24) is 15.2 Å². The molecule has 0 aliphatic rings. The minimum Gasteiger partial charge on any atom is -0.494 e. The normalized spacial score (nSPS) is 12.5. The van der Waals surface area contributed by atoms with Crippen LogP contribution in [0.15, 0.2) is 79.7 Å². The van der Waals surface area contributed by atoms with Crippen LogP contribution >= 0.6 is 0 Å². The Morgan fingerprint density at radius 1 is 1.29 bits per heavy atom. The molecule has 1 rings (SSSR count). The molecule has 186 valence electrons. The molecule has 0 aromatic carbocycles. The van der Waals surface area contributed by atoms with Crippen molar-refractivity contribution in [2.75, 3.05) is 32.1 Å². The first-order valence-corrected chi connectivity index (χ1v) is 11.8. The number of nitrogens with zero attached hydrogens (tertiary/aromatic N) is 2. The molecule has 1 aromatic rings. The second kappa shape index (κ2) is 17.1. The number of anilines is 1. The lowest BCUT2D eigenvalue weighted by Crippen LogP contribution is -2.22. The molecule has 0 aliphatic carbocycles. The summed E-state index contributed by atoms with van der Waals surface area (Å²) in [5.74, 6) is -0.236. The maximum absolute atomic E-state index is 11.2. The maximum Gasteiger partial charge on any atom is 0.337 e. The van der Waals surface area contributed by atoms with Gasteiger partial charge in [-0.3, -0.25) is 4.98 Å². The Kier molecular flexibility index (Phi) is 14.3. The van der Waals surface area contributed by atoms with Crippen molar-refractivity contribution in [3.05, 3.63) is 85.2 Å². The van der Waals surface area contributed by atoms with Crippen molar-refractivity contribution in [3.8, 4) is 0 Å². The number of aromatic nitrogens is 1. The molecule has 1 heterocycles. The number of carbonyl (C=O) groups is 1. The molecule has 0 saturated carbocycles. The number of carboxylic acids is 1. The average Bonchev–Trinajstić information content (AvgIpc) is 2.83. The van der Waals surface area contributed by atoms with E-state index in [1.165, 1.54) is 18.5 Å². The van der Waals surface area contributed by atoms with Gasteiger partial charge in [-0.15, -0.1) is 0 Å². The van der Waals surface area contributed by atoms with Gasteiger partial charge in [0, 0.05) is 44.3 Å². The van der Waals surface area contributed by atoms with Crippen LogP contribution in [-0.4, -0.2) is 53.7 Å². The summed E-state index contributed by atoms with van der Waals surface area (Å²) >= 11 is 0. The van der Waals surface area contributed by atoms with Gasteiger partial charge in [0.05, 0.1) is 24.1 Å². The summed E-state index contributed by atoms with van der Waals surface area (Å²) in [6.45, 7) is 14.2. The number of likely N-dealkylation sites (N-methyl/N-ethyl adjacent to an activating group) is 1. The first kappa shape index (κ1) is 28.6. The van der Waals surface area contributed by atoms with Gasteiger partial charge in [0.25, 0.3) is 0 Å². The molecule has 1 atom stereocenters. The van der Waals surface area contributed by atoms with Gasteiger partial charge in [0.2, 0.25) is 0 Å². The Hall–Kier alpha value is -3.48. The van der Waals surface area contributed by atoms with E-state index in [9.17, 15) is 9.90 Å². The van der Waals surface area contributed by atoms with Crippen LogP contribution in [0.2, 0.25) is 0 Å². The Bertz CT molecular complexity index is 861. The summed E-state index contributed by atoms with van der Waals surface area (Å²) < 4.78 is 5.88. The number of allylic oxidation sites excluding steroid dienone is 4. The molecule has 0 aliphatic heterocycles. The van der Waals surface area contributed by atoms with Crippen LogP contribution in [0.4, 0.5) is 5.69 Å². The second-order valence-electron chi connectivity index (χ2n) is 7.90. The average molecular weight is 469 g/mol. The summed E-state index contributed by atoms with van der Waals surface area (Å²) in [5, 5.41) is 15.6. The van der Waals surface area contributed by atoms with E-state index in [1.54, 1.807) is 6.08 Å². The van der Waals surface area contributed by atoms with E-state index < -0.39 is 5.97 Å². The number of nitrogens with one attached hydrogen (secondary N) is 2. The van der Waals surface area contributed by atoms with Gasteiger partial charge in [-0.2, -0.15) is 0 Å². The molecule has 0 bridgehead atoms. The lowest BCUT2D eigenvalue weighted by atomic mass is 10.2. The molecule has 0 radical (unpaired) electrons. The van der Waals surface area contributed by atoms with Crippen LogP contribution in [0.25, 0.3) is 0 Å². The van der Waals surface area contributed by atoms with E-state index in [1.807, 2.05) is 31.5 Å². The Balaban J connectivity index is 2.40. The van der Waals surface area contributed by atoms with Crippen LogP contribution in [0.1, 0.15) is 49.9 Å². The van der Waals surface area contributed by atoms with Gasteiger partial charge in [-0.25, -0.2) is 4.79 Å². The molecule has 7 nitrogen and oxygen atoms in total. The number of rotatable bonds is 18. The number of hydrogen-bond donors (Lipinski definition) is 3. The topological polar surface area (TPSA) is 86.7 Å². The summed E-state index contributed by atoms with van der Waals surface area (Å²) in [4.78, 5) is 17.3. The molecule has 0 fully saturated rings. The van der Waals surface area contributed by atoms with E-state index in [4.69, 9.17) is 4.74 Å². The number of pyridine rings is 1. The molecule has 1 unspecified atom stereocenters. The second-order valence-corrected chi connectivity index (χ2v) is 7.90. The largest absolute Gasteiger partial charge is 0.494 e. The molecule has 3 N–H and O–H groups in total. The van der Waals surface area contributed by atoms with Gasteiger partial charge in [0.15, 0.2) is 0 Å². The third-order valence-corrected chi connectivity index (χ3v) is 5.06. The molecule has 1 aromatic heterocycles. The van der Waals surface area contributed by atoms with Gasteiger partial charge in [0.1, 0.15) is 5.76 Å². The summed E-state index contributed by atoms with van der Waals surface area (Å²) in [7, 11) is 2.01. The van der Waals surface area contributed by atoms with Gasteiger partial charge in [-0.05, 0) is 50.5 Å². The number of unbranched alkanes of at least 4 members (excludes halogenated alkanes) is 2. The molecule has 7 heteroatoms. The minimum absolute atomic E-state index is 0.195. The fraction of sp³-hybridized carbons (Fsp3) is 0.407. The van der Waals surface area contributed by atoms with Crippen molar-refractivity contribution in [2.45, 2.75) is 45.6 Å². The first-order chi connectivity index (χ1) is 16.4. The minimum atomic E-state index is -0.970. The maximum atomic E-state index is 11.2. The van der Waals surface area contributed by atoms with Crippen molar-refractivity contribution in [2.24, 2.45) is 0 Å². The van der Waals surface area contributed by atoms with Crippen LogP contribution < -0.4 is 10.6 Å². The fourth-order valence-electron chi connectivity index (χ4n) is 2.83. The van der Waals surface area contributed by atoms with Gasteiger partial charge in [-0.1, -0.05) is 38.7 Å². The highest BCUT2D eigenvalue weighted by molar-refractivity contribution is 5.93. The molecule has 0 amide bonds. The van der Waals surface area contributed by atoms with Crippen molar-refractivity contribution >= 4 is 11.7 Å². The first-order valence-electron chi connectivity index (χ1n) is 11.8. The molecular formula is C27H40N4O3. The predicted molar refractivity (Wildman–Crippen MR) is 141 cm³/mol. The smallest absolute Gasteiger partial charge is 0.337 e. The number of aromatic carboxylic acids is 1. The third-order valence-electron chi connectivity index (χ3n) is 5.06. The van der Waals surface area contributed by atoms with Crippen molar-refractivity contribution in [1.29, 1.82) is 0 Å². The van der Waals surface area contributed by atoms with E-state index in [0.29, 0.717) is 18.8 Å². The lowest BCUT2D eigenvalue weighted by molar-refractivity contribution is 0.0697. The number of hydrogen-bond acceptors (Lipinski definition) is 6. The molecule has 0 spiro atoms. The van der Waals surface area contributed by atoms with Gasteiger partial charge < -0.3 is 25.4 Å². The lowest BCUT2D eigenvalue weighted by Gasteiger charge is -2.20. The van der Waals surface area contributed by atoms with E-state index in [0.717, 1.165) is 43.7 Å². The Morgan fingerprint density at radius 2 is 2.09 bits per heavy atom. The zero-order valence-electron chi connectivity index (χ0n) is 20.8. The zero-order valence-corrected chi connectivity index (χ0v) is 20.8. The van der Waals surface area contributed by atoms with Crippen LogP contribution in [0.5, 0.6) is 0 Å². The zero-order chi connectivity index (χ0) is 25.2. The van der Waals surface area contributed by atoms with Crippen LogP contribution in [0, 0.1) is 0 Å². The van der Waals surface area contributed by atoms with E-state index in [-0.39, 0.29) is 11.6 Å². The highest BCUT2D eigenvalue weighted by atomic mass is 16.5. The molecular weight excluding hydrogens is 428 g/mol. The Morgan fingerprint density at radius 3 is 2.79 bits per heavy atom. The summed E-state index contributed by atoms with van der Waals surface area (Å²) in [6, 6.07) is 1.68. The molecule has 0 saturated heterocycles. The predicted octanol–water partition coefficient (Wildman–Crippen LogP) is 5.35. The third kappa shape index (κ3) is 11.9. The highest BCUT2D eigenvalue weighted by Crippen LogP contribution is 2.13. The van der Waals surface area contributed by atoms with Crippen LogP contribution in [-0.2, 0) is 4.74 Å². The Labute approximate surface area is 204 Å². The quantitative estimate of drug-likeness (QED) is 0.152. The standard InChI is InChI=1S/C27H40N4O3/c1-6-8-16-29-22(3)12-13-23(4)31(5)19-15-24(11-7-2)34-20-10-9-17-30-26-21-28-18-14-25(26)27(32)33/h7,11-15,18-19,21,23,29-30H,2-3,6,8-10,16-17,20H2,1,4-5H3,(H,32,33)/b13-12-,19-15+,24-11+. The van der Waals surface area contributed by atoms with Crippen LogP contribution in [0.3, 0.4) is 0 Å². The van der Waals surface area contributed by atoms with E-state index >= 15 is 0 Å². The van der Waals surface area contributed by atoms with Crippen molar-refractivity contribution in [3.63, 3.8) is 0 Å². The van der Waals surface area contributed by atoms with Gasteiger partial charge >= 0.3 is 5.97 Å². The van der Waals surface area contributed by atoms with E-state index in [2.05, 4.69) is 53.6 Å². The highest BCUT2D eigenvalue weighted by Gasteiger charge is 2.08. The molecule has 34 heavy (non-hydrogen) atoms. The fourth-order valence-corrected chi connectivity index (χ4v) is 2.83. The number of ether oxygens (including phenoxy) is 1.